The van der Waals surface area contributed by atoms with Gasteiger partial charge in [-0.15, -0.1) is 0 Å². The molecule has 0 unspecified atom stereocenters. The fourth-order valence-corrected chi connectivity index (χ4v) is 2.35. The minimum absolute atomic E-state index is 0.104. The zero-order chi connectivity index (χ0) is 13.8. The fourth-order valence-electron chi connectivity index (χ4n) is 2.35. The van der Waals surface area contributed by atoms with Crippen LogP contribution < -0.4 is 10.6 Å². The van der Waals surface area contributed by atoms with Gasteiger partial charge in [-0.3, -0.25) is 0 Å². The molecule has 2 amide bonds. The average molecular weight is 270 g/mol. The highest BCUT2D eigenvalue weighted by molar-refractivity contribution is 5.82. The van der Waals surface area contributed by atoms with Crippen molar-refractivity contribution >= 4 is 12.0 Å². The number of carbonyl (C=O) groups is 2. The van der Waals surface area contributed by atoms with Gasteiger partial charge in [0.25, 0.3) is 0 Å². The molecule has 0 heterocycles. The molecule has 2 saturated carbocycles. The van der Waals surface area contributed by atoms with Gasteiger partial charge in [-0.05, 0) is 32.1 Å². The van der Waals surface area contributed by atoms with Gasteiger partial charge in [-0.25, -0.2) is 9.59 Å². The Balaban J connectivity index is 1.66. The van der Waals surface area contributed by atoms with E-state index >= 15 is 0 Å². The Labute approximate surface area is 112 Å². The van der Waals surface area contributed by atoms with Crippen LogP contribution >= 0.6 is 0 Å². The van der Waals surface area contributed by atoms with Gasteiger partial charge in [0.05, 0.1) is 6.10 Å². The first-order valence-corrected chi connectivity index (χ1v) is 7.00. The third-order valence-corrected chi connectivity index (χ3v) is 3.70. The van der Waals surface area contributed by atoms with Crippen molar-refractivity contribution in [3.05, 3.63) is 0 Å². The van der Waals surface area contributed by atoms with Gasteiger partial charge in [-0.1, -0.05) is 12.8 Å². The van der Waals surface area contributed by atoms with Crippen LogP contribution in [0.5, 0.6) is 0 Å². The zero-order valence-corrected chi connectivity index (χ0v) is 11.2. The molecule has 2 fully saturated rings. The molecule has 0 bridgehead atoms. The van der Waals surface area contributed by atoms with Crippen molar-refractivity contribution in [2.45, 2.75) is 57.2 Å². The third-order valence-electron chi connectivity index (χ3n) is 3.70. The van der Waals surface area contributed by atoms with Crippen LogP contribution in [-0.4, -0.2) is 41.9 Å². The molecule has 2 aliphatic rings. The first kappa shape index (κ1) is 14.1. The third kappa shape index (κ3) is 4.38. The molecule has 1 atom stereocenters. The maximum atomic E-state index is 11.7. The SMILES string of the molecule is CCOC1CC(NC(=O)N[C@@H](CC2CC2)C(=O)O)C1. The summed E-state index contributed by atoms with van der Waals surface area (Å²) >= 11 is 0. The predicted molar refractivity (Wildman–Crippen MR) is 68.9 cm³/mol. The van der Waals surface area contributed by atoms with Gasteiger partial charge < -0.3 is 20.5 Å². The normalized spacial score (nSPS) is 27.2. The van der Waals surface area contributed by atoms with Crippen LogP contribution in [0.1, 0.15) is 39.0 Å². The summed E-state index contributed by atoms with van der Waals surface area (Å²) in [6.07, 6.45) is 4.53. The van der Waals surface area contributed by atoms with Crippen molar-refractivity contribution in [2.75, 3.05) is 6.61 Å². The van der Waals surface area contributed by atoms with Gasteiger partial charge in [0.2, 0.25) is 0 Å². The molecule has 19 heavy (non-hydrogen) atoms. The second-order valence-electron chi connectivity index (χ2n) is 5.43. The van der Waals surface area contributed by atoms with Crippen LogP contribution in [-0.2, 0) is 9.53 Å². The molecule has 0 aromatic carbocycles. The van der Waals surface area contributed by atoms with Crippen LogP contribution in [0.2, 0.25) is 0 Å². The van der Waals surface area contributed by atoms with Gasteiger partial charge >= 0.3 is 12.0 Å². The van der Waals surface area contributed by atoms with Crippen molar-refractivity contribution in [3.63, 3.8) is 0 Å². The molecule has 6 heteroatoms. The molecule has 108 valence electrons. The van der Waals surface area contributed by atoms with Crippen LogP contribution in [0.15, 0.2) is 0 Å². The van der Waals surface area contributed by atoms with E-state index in [4.69, 9.17) is 9.84 Å². The van der Waals surface area contributed by atoms with Gasteiger partial charge in [0.1, 0.15) is 6.04 Å². The van der Waals surface area contributed by atoms with E-state index in [2.05, 4.69) is 10.6 Å². The first-order chi connectivity index (χ1) is 9.08. The van der Waals surface area contributed by atoms with Crippen LogP contribution in [0.25, 0.3) is 0 Å². The van der Waals surface area contributed by atoms with Gasteiger partial charge in [0.15, 0.2) is 0 Å². The summed E-state index contributed by atoms with van der Waals surface area (Å²) in [5, 5.41) is 14.4. The standard InChI is InChI=1S/C13H22N2O4/c1-2-19-10-6-9(7-10)14-13(18)15-11(12(16)17)5-8-3-4-8/h8-11H,2-7H2,1H3,(H,16,17)(H2,14,15,18)/t9?,10?,11-/m0/s1. The maximum Gasteiger partial charge on any atom is 0.326 e. The van der Waals surface area contributed by atoms with E-state index in [9.17, 15) is 9.59 Å². The van der Waals surface area contributed by atoms with Crippen LogP contribution in [0, 0.1) is 5.92 Å². The first-order valence-electron chi connectivity index (χ1n) is 7.00. The van der Waals surface area contributed by atoms with Crippen molar-refractivity contribution in [1.29, 1.82) is 0 Å². The molecule has 0 spiro atoms. The van der Waals surface area contributed by atoms with E-state index in [1.54, 1.807) is 0 Å². The summed E-state index contributed by atoms with van der Waals surface area (Å²) in [7, 11) is 0. The maximum absolute atomic E-state index is 11.7. The zero-order valence-electron chi connectivity index (χ0n) is 11.2. The van der Waals surface area contributed by atoms with E-state index in [0.29, 0.717) is 18.9 Å². The lowest BCUT2D eigenvalue weighted by Gasteiger charge is -2.35. The number of rotatable bonds is 7. The minimum Gasteiger partial charge on any atom is -0.480 e. The number of aliphatic carboxylic acids is 1. The predicted octanol–water partition coefficient (Wildman–Crippen LogP) is 1.11. The molecular weight excluding hydrogens is 248 g/mol. The summed E-state index contributed by atoms with van der Waals surface area (Å²) in [4.78, 5) is 22.7. The summed E-state index contributed by atoms with van der Waals surface area (Å²) in [5.41, 5.74) is 0. The molecule has 2 rings (SSSR count). The monoisotopic (exact) mass is 270 g/mol. The Morgan fingerprint density at radius 2 is 2.05 bits per heavy atom. The summed E-state index contributed by atoms with van der Waals surface area (Å²) < 4.78 is 5.40. The summed E-state index contributed by atoms with van der Waals surface area (Å²) in [6, 6.07) is -1.05. The molecule has 0 aromatic rings. The van der Waals surface area contributed by atoms with E-state index < -0.39 is 12.0 Å². The molecule has 0 aromatic heterocycles. The lowest BCUT2D eigenvalue weighted by Crippen LogP contribution is -2.54. The number of urea groups is 1. The number of carbonyl (C=O) groups excluding carboxylic acids is 1. The van der Waals surface area contributed by atoms with Crippen LogP contribution in [0.3, 0.4) is 0 Å². The summed E-state index contributed by atoms with van der Waals surface area (Å²) in [6.45, 7) is 2.63. The van der Waals surface area contributed by atoms with E-state index in [1.165, 1.54) is 0 Å². The second-order valence-corrected chi connectivity index (χ2v) is 5.43. The van der Waals surface area contributed by atoms with Crippen molar-refractivity contribution in [2.24, 2.45) is 5.92 Å². The average Bonchev–Trinajstić information content (AvgIpc) is 3.09. The van der Waals surface area contributed by atoms with E-state index in [0.717, 1.165) is 25.7 Å². The highest BCUT2D eigenvalue weighted by Gasteiger charge is 2.33. The van der Waals surface area contributed by atoms with Crippen LogP contribution in [0.4, 0.5) is 4.79 Å². The second kappa shape index (κ2) is 6.23. The number of carboxylic acids is 1. The molecule has 0 saturated heterocycles. The van der Waals surface area contributed by atoms with Crippen molar-refractivity contribution < 1.29 is 19.4 Å². The smallest absolute Gasteiger partial charge is 0.326 e. The molecule has 2 aliphatic carbocycles. The minimum atomic E-state index is -0.956. The molecule has 0 aliphatic heterocycles. The Morgan fingerprint density at radius 3 is 2.58 bits per heavy atom. The Hall–Kier alpha value is -1.30. The molecule has 6 nitrogen and oxygen atoms in total. The summed E-state index contributed by atoms with van der Waals surface area (Å²) in [5.74, 6) is -0.490. The quantitative estimate of drug-likeness (QED) is 0.646. The molecular formula is C13H22N2O4. The number of ether oxygens (including phenoxy) is 1. The Kier molecular flexibility index (Phi) is 4.63. The van der Waals surface area contributed by atoms with Crippen molar-refractivity contribution in [1.82, 2.24) is 10.6 Å². The number of hydrogen-bond acceptors (Lipinski definition) is 3. The fraction of sp³-hybridized carbons (Fsp3) is 0.846. The number of amides is 2. The highest BCUT2D eigenvalue weighted by Crippen LogP contribution is 2.33. The molecule has 3 N–H and O–H groups in total. The number of carboxylic acid groups (broad SMARTS) is 1. The largest absolute Gasteiger partial charge is 0.480 e. The van der Waals surface area contributed by atoms with Crippen molar-refractivity contribution in [3.8, 4) is 0 Å². The van der Waals surface area contributed by atoms with Gasteiger partial charge in [-0.2, -0.15) is 0 Å². The molecule has 0 radical (unpaired) electrons. The number of hydrogen-bond donors (Lipinski definition) is 3. The van der Waals surface area contributed by atoms with E-state index in [1.807, 2.05) is 6.92 Å². The lowest BCUT2D eigenvalue weighted by molar-refractivity contribution is -0.139. The Morgan fingerprint density at radius 1 is 1.37 bits per heavy atom. The lowest BCUT2D eigenvalue weighted by atomic mass is 9.89. The highest BCUT2D eigenvalue weighted by atomic mass is 16.5. The number of nitrogens with one attached hydrogen (secondary N) is 2. The van der Waals surface area contributed by atoms with Gasteiger partial charge in [0, 0.05) is 12.6 Å². The topological polar surface area (TPSA) is 87.7 Å². The Bertz CT molecular complexity index is 338. The van der Waals surface area contributed by atoms with E-state index in [-0.39, 0.29) is 18.2 Å².